The molecule has 1 heterocycles. The van der Waals surface area contributed by atoms with Gasteiger partial charge < -0.3 is 19.3 Å². The highest BCUT2D eigenvalue weighted by atomic mass is 16.5. The molecule has 0 aliphatic heterocycles. The zero-order chi connectivity index (χ0) is 24.0. The van der Waals surface area contributed by atoms with Crippen LogP contribution in [0.3, 0.4) is 0 Å². The van der Waals surface area contributed by atoms with Gasteiger partial charge in [0.25, 0.3) is 0 Å². The number of hydrogen-bond donors (Lipinski definition) is 1. The number of rotatable bonds is 8. The van der Waals surface area contributed by atoms with Crippen LogP contribution in [-0.4, -0.2) is 24.3 Å². The van der Waals surface area contributed by atoms with Crippen LogP contribution in [-0.2, 0) is 6.61 Å². The van der Waals surface area contributed by atoms with Crippen molar-refractivity contribution >= 4 is 16.5 Å². The normalized spacial score (nSPS) is 12.0. The SMILES string of the molecule is COc1cc2nccc(OC(/C=C\C(C)=C(C)C)=C(/C)c3cccc(CO)c3)c2cc1OC. The summed E-state index contributed by atoms with van der Waals surface area (Å²) in [4.78, 5) is 4.47. The van der Waals surface area contributed by atoms with Gasteiger partial charge in [-0.2, -0.15) is 0 Å². The molecule has 33 heavy (non-hydrogen) atoms. The van der Waals surface area contributed by atoms with Gasteiger partial charge in [0, 0.05) is 17.6 Å². The van der Waals surface area contributed by atoms with Gasteiger partial charge in [0.1, 0.15) is 11.5 Å². The second kappa shape index (κ2) is 10.8. The van der Waals surface area contributed by atoms with Crippen molar-refractivity contribution in [2.75, 3.05) is 14.2 Å². The number of pyridine rings is 1. The molecule has 0 saturated carbocycles. The molecule has 0 spiro atoms. The number of methoxy groups -OCH3 is 2. The quantitative estimate of drug-likeness (QED) is 0.318. The topological polar surface area (TPSA) is 60.8 Å². The van der Waals surface area contributed by atoms with E-state index in [1.54, 1.807) is 20.4 Å². The molecule has 172 valence electrons. The molecule has 0 aliphatic carbocycles. The van der Waals surface area contributed by atoms with Crippen molar-refractivity contribution in [3.05, 3.63) is 88.8 Å². The van der Waals surface area contributed by atoms with Crippen LogP contribution in [0.2, 0.25) is 0 Å². The number of ether oxygens (including phenoxy) is 3. The van der Waals surface area contributed by atoms with Crippen molar-refractivity contribution in [3.63, 3.8) is 0 Å². The minimum atomic E-state index is -0.0132. The summed E-state index contributed by atoms with van der Waals surface area (Å²) in [5.41, 5.74) is 5.92. The maximum atomic E-state index is 9.57. The Kier molecular flexibility index (Phi) is 7.91. The molecule has 1 N–H and O–H groups in total. The second-order valence-corrected chi connectivity index (χ2v) is 8.00. The van der Waals surface area contributed by atoms with Gasteiger partial charge in [-0.25, -0.2) is 0 Å². The maximum absolute atomic E-state index is 9.57. The maximum Gasteiger partial charge on any atom is 0.162 e. The zero-order valence-corrected chi connectivity index (χ0v) is 20.1. The molecule has 5 nitrogen and oxygen atoms in total. The molecule has 0 unspecified atom stereocenters. The third-order valence-electron chi connectivity index (χ3n) is 5.61. The van der Waals surface area contributed by atoms with Crippen LogP contribution in [0, 0.1) is 0 Å². The lowest BCUT2D eigenvalue weighted by molar-refractivity contribution is 0.282. The first kappa shape index (κ1) is 24.1. The summed E-state index contributed by atoms with van der Waals surface area (Å²) in [6, 6.07) is 13.4. The van der Waals surface area contributed by atoms with Crippen molar-refractivity contribution in [1.82, 2.24) is 4.98 Å². The first-order valence-electron chi connectivity index (χ1n) is 10.8. The fraction of sp³-hybridized carbons (Fsp3) is 0.250. The van der Waals surface area contributed by atoms with Crippen molar-refractivity contribution < 1.29 is 19.3 Å². The molecule has 0 fully saturated rings. The van der Waals surface area contributed by atoms with E-state index >= 15 is 0 Å². The molecular weight excluding hydrogens is 414 g/mol. The standard InChI is InChI=1S/C28H31NO4/c1-18(2)19(3)10-11-25(20(4)22-9-7-8-21(14-22)17-30)33-26-12-13-29-24-16-28(32-6)27(31-5)15-23(24)26/h7-16,30H,17H2,1-6H3/b11-10-,25-20-. The first-order valence-corrected chi connectivity index (χ1v) is 10.8. The summed E-state index contributed by atoms with van der Waals surface area (Å²) in [6.07, 6.45) is 5.75. The number of nitrogens with zero attached hydrogens (tertiary/aromatic N) is 1. The molecule has 5 heteroatoms. The number of aliphatic hydroxyl groups is 1. The summed E-state index contributed by atoms with van der Waals surface area (Å²) >= 11 is 0. The number of aromatic nitrogens is 1. The van der Waals surface area contributed by atoms with Crippen molar-refractivity contribution in [3.8, 4) is 17.2 Å². The molecule has 3 rings (SSSR count). The molecule has 0 bridgehead atoms. The Labute approximate surface area is 195 Å². The summed E-state index contributed by atoms with van der Waals surface area (Å²) in [5, 5.41) is 10.4. The minimum absolute atomic E-state index is 0.0132. The Morgan fingerprint density at radius 1 is 0.909 bits per heavy atom. The average Bonchev–Trinajstić information content (AvgIpc) is 2.84. The zero-order valence-electron chi connectivity index (χ0n) is 20.1. The highest BCUT2D eigenvalue weighted by Crippen LogP contribution is 2.36. The number of allylic oxidation sites excluding steroid dienone is 5. The van der Waals surface area contributed by atoms with Crippen LogP contribution in [0.5, 0.6) is 17.2 Å². The predicted molar refractivity (Wildman–Crippen MR) is 134 cm³/mol. The second-order valence-electron chi connectivity index (χ2n) is 8.00. The molecule has 0 amide bonds. The lowest BCUT2D eigenvalue weighted by Gasteiger charge is -2.15. The van der Waals surface area contributed by atoms with E-state index in [9.17, 15) is 5.11 Å². The predicted octanol–water partition coefficient (Wildman–Crippen LogP) is 6.47. The Balaban J connectivity index is 2.16. The van der Waals surface area contributed by atoms with Gasteiger partial charge in [-0.3, -0.25) is 4.98 Å². The Hall–Kier alpha value is -3.57. The number of hydrogen-bond acceptors (Lipinski definition) is 5. The van der Waals surface area contributed by atoms with Gasteiger partial charge in [-0.1, -0.05) is 35.4 Å². The van der Waals surface area contributed by atoms with Gasteiger partial charge in [-0.05, 0) is 68.7 Å². The van der Waals surface area contributed by atoms with Crippen LogP contribution < -0.4 is 14.2 Å². The molecule has 0 radical (unpaired) electrons. The smallest absolute Gasteiger partial charge is 0.162 e. The monoisotopic (exact) mass is 445 g/mol. The highest BCUT2D eigenvalue weighted by Gasteiger charge is 2.13. The minimum Gasteiger partial charge on any atom is -0.493 e. The van der Waals surface area contributed by atoms with Crippen molar-refractivity contribution in [2.24, 2.45) is 0 Å². The first-order chi connectivity index (χ1) is 15.9. The van der Waals surface area contributed by atoms with Gasteiger partial charge in [0.05, 0.1) is 26.3 Å². The van der Waals surface area contributed by atoms with Crippen LogP contribution in [0.4, 0.5) is 0 Å². The fourth-order valence-corrected chi connectivity index (χ4v) is 3.30. The lowest BCUT2D eigenvalue weighted by atomic mass is 10.0. The van der Waals surface area contributed by atoms with Crippen LogP contribution >= 0.6 is 0 Å². The van der Waals surface area contributed by atoms with Gasteiger partial charge in [0.2, 0.25) is 0 Å². The summed E-state index contributed by atoms with van der Waals surface area (Å²) in [6.45, 7) is 8.24. The van der Waals surface area contributed by atoms with Crippen LogP contribution in [0.25, 0.3) is 16.5 Å². The molecule has 1 aromatic heterocycles. The fourth-order valence-electron chi connectivity index (χ4n) is 3.30. The Morgan fingerprint density at radius 2 is 1.64 bits per heavy atom. The molecule has 0 atom stereocenters. The van der Waals surface area contributed by atoms with E-state index in [0.717, 1.165) is 27.6 Å². The van der Waals surface area contributed by atoms with E-state index in [-0.39, 0.29) is 6.61 Å². The van der Waals surface area contributed by atoms with E-state index in [4.69, 9.17) is 14.2 Å². The third-order valence-corrected chi connectivity index (χ3v) is 5.61. The van der Waals surface area contributed by atoms with E-state index in [1.165, 1.54) is 11.1 Å². The largest absolute Gasteiger partial charge is 0.493 e. The van der Waals surface area contributed by atoms with Gasteiger partial charge >= 0.3 is 0 Å². The van der Waals surface area contributed by atoms with E-state index < -0.39 is 0 Å². The highest BCUT2D eigenvalue weighted by molar-refractivity contribution is 5.88. The number of fused-ring (bicyclic) bond motifs is 1. The molecular formula is C28H31NO4. The van der Waals surface area contributed by atoms with Crippen LogP contribution in [0.1, 0.15) is 38.8 Å². The van der Waals surface area contributed by atoms with E-state index in [1.807, 2.05) is 55.5 Å². The summed E-state index contributed by atoms with van der Waals surface area (Å²) in [5.74, 6) is 2.58. The third kappa shape index (κ3) is 5.62. The van der Waals surface area contributed by atoms with E-state index in [0.29, 0.717) is 23.0 Å². The number of aliphatic hydroxyl groups excluding tert-OH is 1. The van der Waals surface area contributed by atoms with Gasteiger partial charge in [0.15, 0.2) is 11.5 Å². The van der Waals surface area contributed by atoms with Gasteiger partial charge in [-0.15, -0.1) is 0 Å². The molecule has 0 aliphatic rings. The van der Waals surface area contributed by atoms with Crippen molar-refractivity contribution in [1.29, 1.82) is 0 Å². The summed E-state index contributed by atoms with van der Waals surface area (Å²) < 4.78 is 17.4. The van der Waals surface area contributed by atoms with Crippen molar-refractivity contribution in [2.45, 2.75) is 34.3 Å². The van der Waals surface area contributed by atoms with Crippen LogP contribution in [0.15, 0.2) is 77.7 Å². The summed E-state index contributed by atoms with van der Waals surface area (Å²) in [7, 11) is 3.21. The van der Waals surface area contributed by atoms with E-state index in [2.05, 4.69) is 31.8 Å². The number of benzene rings is 2. The lowest BCUT2D eigenvalue weighted by Crippen LogP contribution is -1.99. The average molecular weight is 446 g/mol. The molecule has 3 aromatic rings. The molecule has 2 aromatic carbocycles. The Bertz CT molecular complexity index is 1230. The molecule has 0 saturated heterocycles. The Morgan fingerprint density at radius 3 is 2.30 bits per heavy atom.